The Morgan fingerprint density at radius 3 is 2.53 bits per heavy atom. The lowest BCUT2D eigenvalue weighted by atomic mass is 10.2. The number of aromatic nitrogens is 4. The van der Waals surface area contributed by atoms with Gasteiger partial charge in [0.25, 0.3) is 5.56 Å². The Bertz CT molecular complexity index is 1520. The zero-order chi connectivity index (χ0) is 25.8. The lowest BCUT2D eigenvalue weighted by Gasteiger charge is -2.16. The summed E-state index contributed by atoms with van der Waals surface area (Å²) in [7, 11) is 4.52. The molecule has 0 aliphatic carbocycles. The van der Waals surface area contributed by atoms with Crippen LogP contribution in [0.1, 0.15) is 11.1 Å². The molecular weight excluding hydrogens is 464 g/mol. The molecule has 2 N–H and O–H groups in total. The molecule has 0 aliphatic heterocycles. The highest BCUT2D eigenvalue weighted by Crippen LogP contribution is 2.19. The highest BCUT2D eigenvalue weighted by Gasteiger charge is 2.21. The summed E-state index contributed by atoms with van der Waals surface area (Å²) in [6.45, 7) is 1.89. The molecule has 11 heteroatoms. The average Bonchev–Trinajstić information content (AvgIpc) is 3.24. The lowest BCUT2D eigenvalue weighted by molar-refractivity contribution is 0.0935. The van der Waals surface area contributed by atoms with E-state index in [1.807, 2.05) is 43.3 Å². The number of nitrogens with zero attached hydrogens (tertiary/aromatic N) is 5. The number of aryl methyl sites for hydroxylation is 2. The third-order valence-corrected chi connectivity index (χ3v) is 5.76. The van der Waals surface area contributed by atoms with Gasteiger partial charge in [0, 0.05) is 14.1 Å². The molecule has 36 heavy (non-hydrogen) atoms. The molecule has 2 heterocycles. The molecule has 0 bridgehead atoms. The fraction of sp³-hybridized carbons (Fsp3) is 0.280. The molecule has 1 atom stereocenters. The number of hydrazone groups is 1. The number of aliphatic hydroxyl groups excluding tert-OH is 1. The highest BCUT2D eigenvalue weighted by molar-refractivity contribution is 5.80. The number of ether oxygens (including phenoxy) is 2. The van der Waals surface area contributed by atoms with Crippen molar-refractivity contribution in [2.75, 3.05) is 19.1 Å². The first-order chi connectivity index (χ1) is 17.3. The van der Waals surface area contributed by atoms with E-state index in [2.05, 4.69) is 15.5 Å². The van der Waals surface area contributed by atoms with Crippen LogP contribution in [0.15, 0.2) is 63.2 Å². The predicted octanol–water partition coefficient (Wildman–Crippen LogP) is 1.64. The monoisotopic (exact) mass is 492 g/mol. The summed E-state index contributed by atoms with van der Waals surface area (Å²) < 4.78 is 14.7. The van der Waals surface area contributed by atoms with Gasteiger partial charge in [-0.2, -0.15) is 10.1 Å². The normalized spacial score (nSPS) is 12.2. The number of rotatable bonds is 9. The first kappa shape index (κ1) is 24.7. The van der Waals surface area contributed by atoms with E-state index in [0.29, 0.717) is 5.75 Å². The summed E-state index contributed by atoms with van der Waals surface area (Å²) in [5, 5.41) is 15.0. The number of hydrogen-bond acceptors (Lipinski definition) is 8. The Morgan fingerprint density at radius 2 is 1.83 bits per heavy atom. The van der Waals surface area contributed by atoms with Gasteiger partial charge in [-0.3, -0.25) is 13.9 Å². The van der Waals surface area contributed by atoms with E-state index in [9.17, 15) is 14.7 Å². The number of methoxy groups -OCH3 is 1. The second-order valence-electron chi connectivity index (χ2n) is 8.30. The number of nitrogens with one attached hydrogen (secondary N) is 1. The van der Waals surface area contributed by atoms with Crippen molar-refractivity contribution in [3.05, 3.63) is 80.5 Å². The largest absolute Gasteiger partial charge is 0.497 e. The first-order valence-corrected chi connectivity index (χ1v) is 11.3. The van der Waals surface area contributed by atoms with Crippen LogP contribution in [-0.4, -0.2) is 49.8 Å². The number of fused-ring (bicyclic) bond motifs is 1. The maximum atomic E-state index is 13.0. The van der Waals surface area contributed by atoms with Crippen LogP contribution < -0.4 is 26.1 Å². The van der Waals surface area contributed by atoms with E-state index >= 15 is 0 Å². The predicted molar refractivity (Wildman–Crippen MR) is 137 cm³/mol. The smallest absolute Gasteiger partial charge is 0.332 e. The third kappa shape index (κ3) is 5.01. The van der Waals surface area contributed by atoms with Crippen LogP contribution >= 0.6 is 0 Å². The van der Waals surface area contributed by atoms with Gasteiger partial charge in [-0.1, -0.05) is 18.2 Å². The van der Waals surface area contributed by atoms with E-state index in [4.69, 9.17) is 9.47 Å². The molecule has 2 aromatic carbocycles. The zero-order valence-corrected chi connectivity index (χ0v) is 20.5. The number of imidazole rings is 1. The van der Waals surface area contributed by atoms with E-state index in [-0.39, 0.29) is 30.3 Å². The number of para-hydroxylation sites is 1. The molecule has 0 fully saturated rings. The summed E-state index contributed by atoms with van der Waals surface area (Å²) in [4.78, 5) is 29.9. The summed E-state index contributed by atoms with van der Waals surface area (Å²) in [5.41, 5.74) is 3.89. The van der Waals surface area contributed by atoms with Crippen molar-refractivity contribution in [3.63, 3.8) is 0 Å². The zero-order valence-electron chi connectivity index (χ0n) is 20.5. The van der Waals surface area contributed by atoms with Crippen LogP contribution in [0.25, 0.3) is 11.2 Å². The van der Waals surface area contributed by atoms with Crippen molar-refractivity contribution in [1.82, 2.24) is 18.7 Å². The number of benzene rings is 2. The molecule has 0 aliphatic rings. The van der Waals surface area contributed by atoms with Crippen molar-refractivity contribution < 1.29 is 14.6 Å². The molecule has 0 saturated heterocycles. The van der Waals surface area contributed by atoms with Crippen molar-refractivity contribution >= 4 is 23.3 Å². The second-order valence-corrected chi connectivity index (χ2v) is 8.30. The molecule has 4 aromatic rings. The van der Waals surface area contributed by atoms with Crippen molar-refractivity contribution in [1.29, 1.82) is 0 Å². The maximum Gasteiger partial charge on any atom is 0.332 e. The summed E-state index contributed by atoms with van der Waals surface area (Å²) in [6, 6.07) is 14.8. The lowest BCUT2D eigenvalue weighted by Crippen LogP contribution is -2.38. The quantitative estimate of drug-likeness (QED) is 0.269. The first-order valence-electron chi connectivity index (χ1n) is 11.3. The molecule has 0 radical (unpaired) electrons. The minimum atomic E-state index is -0.977. The third-order valence-electron chi connectivity index (χ3n) is 5.76. The van der Waals surface area contributed by atoms with Crippen molar-refractivity contribution in [2.45, 2.75) is 19.6 Å². The van der Waals surface area contributed by atoms with Gasteiger partial charge in [0.1, 0.15) is 24.2 Å². The summed E-state index contributed by atoms with van der Waals surface area (Å²) >= 11 is 0. The molecule has 0 unspecified atom stereocenters. The van der Waals surface area contributed by atoms with Gasteiger partial charge in [0.15, 0.2) is 11.2 Å². The maximum absolute atomic E-state index is 13.0. The van der Waals surface area contributed by atoms with Gasteiger partial charge in [-0.05, 0) is 48.4 Å². The van der Waals surface area contributed by atoms with E-state index in [1.165, 1.54) is 23.2 Å². The number of anilines is 1. The molecule has 0 saturated carbocycles. The molecule has 0 spiro atoms. The molecule has 0 amide bonds. The van der Waals surface area contributed by atoms with E-state index < -0.39 is 17.4 Å². The van der Waals surface area contributed by atoms with Crippen LogP contribution in [0.5, 0.6) is 11.5 Å². The summed E-state index contributed by atoms with van der Waals surface area (Å²) in [6.07, 6.45) is 0.605. The molecule has 188 valence electrons. The minimum Gasteiger partial charge on any atom is -0.497 e. The van der Waals surface area contributed by atoms with Crippen LogP contribution in [0, 0.1) is 6.92 Å². The van der Waals surface area contributed by atoms with Gasteiger partial charge >= 0.3 is 5.69 Å². The van der Waals surface area contributed by atoms with Crippen molar-refractivity contribution in [2.24, 2.45) is 19.2 Å². The Balaban J connectivity index is 1.64. The van der Waals surface area contributed by atoms with Crippen molar-refractivity contribution in [3.8, 4) is 11.5 Å². The minimum absolute atomic E-state index is 0.00877. The molecule has 4 rings (SSSR count). The Morgan fingerprint density at radius 1 is 1.11 bits per heavy atom. The van der Waals surface area contributed by atoms with E-state index in [1.54, 1.807) is 25.5 Å². The van der Waals surface area contributed by atoms with Gasteiger partial charge in [-0.15, -0.1) is 0 Å². The van der Waals surface area contributed by atoms with Crippen LogP contribution in [0.3, 0.4) is 0 Å². The van der Waals surface area contributed by atoms with Gasteiger partial charge < -0.3 is 19.1 Å². The fourth-order valence-electron chi connectivity index (χ4n) is 3.73. The SMILES string of the molecule is COc1ccc(/C=N/Nc2nc3c(c(=O)n(C)c(=O)n3C)n2C[C@@H](O)COc2ccccc2C)cc1. The van der Waals surface area contributed by atoms with Gasteiger partial charge in [0.05, 0.1) is 19.9 Å². The molecule has 11 nitrogen and oxygen atoms in total. The highest BCUT2D eigenvalue weighted by atomic mass is 16.5. The van der Waals surface area contributed by atoms with Gasteiger partial charge in [0.2, 0.25) is 5.95 Å². The number of hydrogen-bond donors (Lipinski definition) is 2. The van der Waals surface area contributed by atoms with Gasteiger partial charge in [-0.25, -0.2) is 10.2 Å². The molecular formula is C25H28N6O5. The average molecular weight is 493 g/mol. The van der Waals surface area contributed by atoms with Crippen LogP contribution in [0.2, 0.25) is 0 Å². The molecule has 2 aromatic heterocycles. The standard InChI is InChI=1S/C25H28N6O5/c1-16-7-5-6-8-20(16)36-15-18(32)14-31-21-22(29(2)25(34)30(3)23(21)33)27-24(31)28-26-13-17-9-11-19(35-4)12-10-17/h5-13,18,32H,14-15H2,1-4H3,(H,27,28)/b26-13+/t18-/m1/s1. The Labute approximate surface area is 206 Å². The Kier molecular flexibility index (Phi) is 7.20. The van der Waals surface area contributed by atoms with E-state index in [0.717, 1.165) is 21.4 Å². The summed E-state index contributed by atoms with van der Waals surface area (Å²) in [5.74, 6) is 1.58. The topological polar surface area (TPSA) is 125 Å². The Hall–Kier alpha value is -4.38. The fourth-order valence-corrected chi connectivity index (χ4v) is 3.73. The second kappa shape index (κ2) is 10.5. The number of aliphatic hydroxyl groups is 1. The van der Waals surface area contributed by atoms with Crippen LogP contribution in [-0.2, 0) is 20.6 Å². The van der Waals surface area contributed by atoms with Crippen LogP contribution in [0.4, 0.5) is 5.95 Å².